The van der Waals surface area contributed by atoms with Crippen LogP contribution in [0.2, 0.25) is 0 Å². The molecule has 3 rings (SSSR count). The van der Waals surface area contributed by atoms with Gasteiger partial charge in [-0.15, -0.1) is 0 Å². The Morgan fingerprint density at radius 3 is 2.38 bits per heavy atom. The van der Waals surface area contributed by atoms with E-state index in [1.807, 2.05) is 6.07 Å². The first kappa shape index (κ1) is 14.5. The third kappa shape index (κ3) is 3.44. The first-order valence-electron chi connectivity index (χ1n) is 7.87. The van der Waals surface area contributed by atoms with Crippen LogP contribution in [0.5, 0.6) is 0 Å². The number of hydrogen-bond donors (Lipinski definition) is 2. The van der Waals surface area contributed by atoms with Gasteiger partial charge in [0.1, 0.15) is 18.0 Å². The van der Waals surface area contributed by atoms with Crippen LogP contribution >= 0.6 is 0 Å². The molecule has 2 aliphatic rings. The Labute approximate surface area is 125 Å². The van der Waals surface area contributed by atoms with E-state index < -0.39 is 0 Å². The maximum Gasteiger partial charge on any atom is 0.134 e. The van der Waals surface area contributed by atoms with Gasteiger partial charge in [0.05, 0.1) is 6.10 Å². The third-order valence-electron chi connectivity index (χ3n) is 4.46. The van der Waals surface area contributed by atoms with Crippen LogP contribution in [0.15, 0.2) is 12.4 Å². The number of nitrogens with zero attached hydrogens (tertiary/aromatic N) is 4. The van der Waals surface area contributed by atoms with Crippen molar-refractivity contribution in [1.82, 2.24) is 9.97 Å². The molecule has 0 aromatic carbocycles. The van der Waals surface area contributed by atoms with E-state index in [0.29, 0.717) is 12.5 Å². The largest absolute Gasteiger partial charge is 0.396 e. The van der Waals surface area contributed by atoms with Crippen molar-refractivity contribution in [1.29, 1.82) is 0 Å². The van der Waals surface area contributed by atoms with Crippen LogP contribution < -0.4 is 9.80 Å². The van der Waals surface area contributed by atoms with Crippen LogP contribution in [0.4, 0.5) is 11.6 Å². The van der Waals surface area contributed by atoms with E-state index in [4.69, 9.17) is 0 Å². The molecule has 2 fully saturated rings. The molecule has 1 aromatic heterocycles. The predicted octanol–water partition coefficient (Wildman–Crippen LogP) is 0.646. The SMILES string of the molecule is OC[C@@H]1CCCN(c2cc(N3CCC[C@H](O)C3)ncn2)C1. The Bertz CT molecular complexity index is 471. The Morgan fingerprint density at radius 1 is 1.05 bits per heavy atom. The van der Waals surface area contributed by atoms with Crippen molar-refractivity contribution >= 4 is 11.6 Å². The number of anilines is 2. The first-order chi connectivity index (χ1) is 10.3. The summed E-state index contributed by atoms with van der Waals surface area (Å²) >= 11 is 0. The molecular weight excluding hydrogens is 268 g/mol. The standard InChI is InChI=1S/C15H24N4O2/c20-10-12-3-1-5-18(8-12)14-7-15(17-11-16-14)19-6-2-4-13(21)9-19/h7,11-13,20-21H,1-6,8-10H2/t12-,13+/m1/s1. The summed E-state index contributed by atoms with van der Waals surface area (Å²) in [4.78, 5) is 13.1. The van der Waals surface area contributed by atoms with E-state index in [1.54, 1.807) is 6.33 Å². The molecule has 3 heterocycles. The van der Waals surface area contributed by atoms with Crippen LogP contribution in [0.25, 0.3) is 0 Å². The molecule has 1 aromatic rings. The Kier molecular flexibility index (Phi) is 4.55. The number of piperidine rings is 2. The summed E-state index contributed by atoms with van der Waals surface area (Å²) in [6, 6.07) is 2.01. The zero-order valence-electron chi connectivity index (χ0n) is 12.4. The zero-order chi connectivity index (χ0) is 14.7. The molecule has 0 radical (unpaired) electrons. The van der Waals surface area contributed by atoms with Crippen molar-refractivity contribution in [2.45, 2.75) is 31.8 Å². The van der Waals surface area contributed by atoms with E-state index in [-0.39, 0.29) is 12.7 Å². The van der Waals surface area contributed by atoms with Gasteiger partial charge in [-0.1, -0.05) is 0 Å². The van der Waals surface area contributed by atoms with E-state index in [0.717, 1.165) is 57.0 Å². The lowest BCUT2D eigenvalue weighted by molar-refractivity contribution is 0.154. The summed E-state index contributed by atoms with van der Waals surface area (Å²) in [6.07, 6.45) is 5.39. The average molecular weight is 292 g/mol. The van der Waals surface area contributed by atoms with Crippen molar-refractivity contribution in [3.05, 3.63) is 12.4 Å². The molecule has 0 saturated carbocycles. The monoisotopic (exact) mass is 292 g/mol. The highest BCUT2D eigenvalue weighted by molar-refractivity contribution is 5.50. The van der Waals surface area contributed by atoms with Crippen molar-refractivity contribution < 1.29 is 10.2 Å². The van der Waals surface area contributed by atoms with E-state index in [1.165, 1.54) is 0 Å². The second-order valence-electron chi connectivity index (χ2n) is 6.11. The van der Waals surface area contributed by atoms with Gasteiger partial charge in [0.25, 0.3) is 0 Å². The molecular formula is C15H24N4O2. The minimum atomic E-state index is -0.258. The van der Waals surface area contributed by atoms with E-state index in [2.05, 4.69) is 19.8 Å². The molecule has 0 amide bonds. The highest BCUT2D eigenvalue weighted by atomic mass is 16.3. The minimum absolute atomic E-state index is 0.243. The molecule has 2 N–H and O–H groups in total. The first-order valence-corrected chi connectivity index (χ1v) is 7.87. The van der Waals surface area contributed by atoms with E-state index in [9.17, 15) is 10.2 Å². The van der Waals surface area contributed by atoms with Crippen molar-refractivity contribution in [2.24, 2.45) is 5.92 Å². The lowest BCUT2D eigenvalue weighted by Gasteiger charge is -2.34. The van der Waals surface area contributed by atoms with Crippen LogP contribution in [0, 0.1) is 5.92 Å². The second kappa shape index (κ2) is 6.58. The molecule has 2 aliphatic heterocycles. The van der Waals surface area contributed by atoms with Crippen molar-refractivity contribution in [3.8, 4) is 0 Å². The van der Waals surface area contributed by atoms with Gasteiger partial charge in [0.2, 0.25) is 0 Å². The van der Waals surface area contributed by atoms with Crippen LogP contribution in [-0.2, 0) is 0 Å². The second-order valence-corrected chi connectivity index (χ2v) is 6.11. The fourth-order valence-corrected chi connectivity index (χ4v) is 3.27. The lowest BCUT2D eigenvalue weighted by Crippen LogP contribution is -2.39. The quantitative estimate of drug-likeness (QED) is 0.852. The Morgan fingerprint density at radius 2 is 1.71 bits per heavy atom. The summed E-state index contributed by atoms with van der Waals surface area (Å²) < 4.78 is 0. The lowest BCUT2D eigenvalue weighted by atomic mass is 9.99. The molecule has 6 nitrogen and oxygen atoms in total. The molecule has 21 heavy (non-hydrogen) atoms. The number of β-amino-alcohol motifs (C(OH)–C–C–N with tert-alkyl or cyclic N) is 1. The topological polar surface area (TPSA) is 72.7 Å². The van der Waals surface area contributed by atoms with Crippen LogP contribution in [0.1, 0.15) is 25.7 Å². The summed E-state index contributed by atoms with van der Waals surface area (Å²) in [6.45, 7) is 3.67. The van der Waals surface area contributed by atoms with Crippen LogP contribution in [-0.4, -0.2) is 59.1 Å². The summed E-state index contributed by atoms with van der Waals surface area (Å²) in [5.41, 5.74) is 0. The maximum absolute atomic E-state index is 9.80. The van der Waals surface area contributed by atoms with Crippen molar-refractivity contribution in [3.63, 3.8) is 0 Å². The molecule has 0 spiro atoms. The highest BCUT2D eigenvalue weighted by Crippen LogP contribution is 2.25. The molecule has 2 saturated heterocycles. The Balaban J connectivity index is 1.73. The molecule has 0 aliphatic carbocycles. The third-order valence-corrected chi connectivity index (χ3v) is 4.46. The zero-order valence-corrected chi connectivity index (χ0v) is 12.4. The van der Waals surface area contributed by atoms with Gasteiger partial charge in [-0.25, -0.2) is 9.97 Å². The van der Waals surface area contributed by atoms with Crippen molar-refractivity contribution in [2.75, 3.05) is 42.6 Å². The highest BCUT2D eigenvalue weighted by Gasteiger charge is 2.23. The van der Waals surface area contributed by atoms with Gasteiger partial charge < -0.3 is 20.0 Å². The number of aromatic nitrogens is 2. The molecule has 116 valence electrons. The predicted molar refractivity (Wildman–Crippen MR) is 81.5 cm³/mol. The summed E-state index contributed by atoms with van der Waals surface area (Å²) in [7, 11) is 0. The fraction of sp³-hybridized carbons (Fsp3) is 0.733. The van der Waals surface area contributed by atoms with Gasteiger partial charge in [-0.3, -0.25) is 0 Å². The number of aliphatic hydroxyl groups excluding tert-OH is 2. The average Bonchev–Trinajstić information content (AvgIpc) is 2.55. The molecule has 0 unspecified atom stereocenters. The Hall–Kier alpha value is -1.40. The maximum atomic E-state index is 9.80. The summed E-state index contributed by atoms with van der Waals surface area (Å²) in [5.74, 6) is 2.16. The number of rotatable bonds is 3. The van der Waals surface area contributed by atoms with Crippen LogP contribution in [0.3, 0.4) is 0 Å². The molecule has 2 atom stereocenters. The molecule has 0 bridgehead atoms. The van der Waals surface area contributed by atoms with Gasteiger partial charge in [-0.2, -0.15) is 0 Å². The van der Waals surface area contributed by atoms with E-state index >= 15 is 0 Å². The van der Waals surface area contributed by atoms with Gasteiger partial charge in [0, 0.05) is 38.9 Å². The number of hydrogen-bond acceptors (Lipinski definition) is 6. The fourth-order valence-electron chi connectivity index (χ4n) is 3.27. The van der Waals surface area contributed by atoms with Gasteiger partial charge in [0.15, 0.2) is 0 Å². The summed E-state index contributed by atoms with van der Waals surface area (Å²) in [5, 5.41) is 19.2. The number of aliphatic hydroxyl groups is 2. The molecule has 6 heteroatoms. The minimum Gasteiger partial charge on any atom is -0.396 e. The van der Waals surface area contributed by atoms with Gasteiger partial charge in [-0.05, 0) is 31.6 Å². The van der Waals surface area contributed by atoms with Gasteiger partial charge >= 0.3 is 0 Å². The normalized spacial score (nSPS) is 27.0. The smallest absolute Gasteiger partial charge is 0.134 e.